The molecule has 0 aromatic heterocycles. The number of methoxy groups -OCH3 is 1. The van der Waals surface area contributed by atoms with Gasteiger partial charge in [-0.2, -0.15) is 0 Å². The molecule has 0 fully saturated rings. The number of benzene rings is 2. The Morgan fingerprint density at radius 2 is 1.83 bits per heavy atom. The smallest absolute Gasteiger partial charge is 0.261 e. The van der Waals surface area contributed by atoms with E-state index in [1.807, 2.05) is 69.3 Å². The predicted octanol–water partition coefficient (Wildman–Crippen LogP) is 4.04. The zero-order valence-electron chi connectivity index (χ0n) is 14.7. The summed E-state index contributed by atoms with van der Waals surface area (Å²) in [4.78, 5) is 12.5. The fourth-order valence-corrected chi connectivity index (χ4v) is 2.46. The number of amides is 1. The second-order valence-corrected chi connectivity index (χ2v) is 5.83. The van der Waals surface area contributed by atoms with Crippen LogP contribution in [0.15, 0.2) is 48.5 Å². The standard InChI is InChI=1S/C20H25NO3/c1-5-19(24-18-8-6-7-14(2)13-18)20(22)21-15(3)16-9-11-17(23-4)12-10-16/h6-13,15,19H,5H2,1-4H3,(H,21,22)/t15-,19+/m1/s1. The van der Waals surface area contributed by atoms with E-state index in [0.717, 1.165) is 16.9 Å². The molecular weight excluding hydrogens is 302 g/mol. The molecule has 0 unspecified atom stereocenters. The monoisotopic (exact) mass is 327 g/mol. The Morgan fingerprint density at radius 3 is 2.42 bits per heavy atom. The third kappa shape index (κ3) is 4.75. The topological polar surface area (TPSA) is 47.6 Å². The Labute approximate surface area is 143 Å². The van der Waals surface area contributed by atoms with Crippen molar-refractivity contribution in [2.45, 2.75) is 39.3 Å². The van der Waals surface area contributed by atoms with E-state index in [0.29, 0.717) is 12.2 Å². The highest BCUT2D eigenvalue weighted by molar-refractivity contribution is 5.81. The highest BCUT2D eigenvalue weighted by Gasteiger charge is 2.20. The fourth-order valence-electron chi connectivity index (χ4n) is 2.46. The van der Waals surface area contributed by atoms with Crippen LogP contribution in [0.25, 0.3) is 0 Å². The summed E-state index contributed by atoms with van der Waals surface area (Å²) in [5.74, 6) is 1.41. The van der Waals surface area contributed by atoms with Crippen LogP contribution < -0.4 is 14.8 Å². The van der Waals surface area contributed by atoms with E-state index in [4.69, 9.17) is 9.47 Å². The van der Waals surface area contributed by atoms with Crippen LogP contribution in [-0.2, 0) is 4.79 Å². The van der Waals surface area contributed by atoms with Crippen molar-refractivity contribution in [3.05, 3.63) is 59.7 Å². The van der Waals surface area contributed by atoms with Crippen LogP contribution in [-0.4, -0.2) is 19.1 Å². The number of nitrogens with one attached hydrogen (secondary N) is 1. The van der Waals surface area contributed by atoms with Crippen LogP contribution in [0, 0.1) is 6.92 Å². The first kappa shape index (κ1) is 17.9. The minimum absolute atomic E-state index is 0.0986. The van der Waals surface area contributed by atoms with Crippen molar-refractivity contribution in [1.82, 2.24) is 5.32 Å². The van der Waals surface area contributed by atoms with Crippen molar-refractivity contribution >= 4 is 5.91 Å². The van der Waals surface area contributed by atoms with E-state index in [-0.39, 0.29) is 11.9 Å². The van der Waals surface area contributed by atoms with Crippen LogP contribution in [0.4, 0.5) is 0 Å². The van der Waals surface area contributed by atoms with E-state index in [1.54, 1.807) is 7.11 Å². The molecule has 0 saturated carbocycles. The normalized spacial score (nSPS) is 13.0. The first-order valence-corrected chi connectivity index (χ1v) is 8.21. The largest absolute Gasteiger partial charge is 0.497 e. The van der Waals surface area contributed by atoms with Gasteiger partial charge in [0.1, 0.15) is 11.5 Å². The van der Waals surface area contributed by atoms with Gasteiger partial charge in [0.25, 0.3) is 5.91 Å². The third-order valence-electron chi connectivity index (χ3n) is 3.91. The maximum Gasteiger partial charge on any atom is 0.261 e. The molecule has 0 aliphatic heterocycles. The highest BCUT2D eigenvalue weighted by atomic mass is 16.5. The number of hydrogen-bond acceptors (Lipinski definition) is 3. The summed E-state index contributed by atoms with van der Waals surface area (Å²) in [7, 11) is 1.63. The number of carbonyl (C=O) groups excluding carboxylic acids is 1. The molecular formula is C20H25NO3. The summed E-state index contributed by atoms with van der Waals surface area (Å²) in [5.41, 5.74) is 2.13. The molecule has 0 aliphatic carbocycles. The molecule has 0 spiro atoms. The Bertz CT molecular complexity index is 667. The van der Waals surface area contributed by atoms with Gasteiger partial charge in [-0.05, 0) is 55.7 Å². The van der Waals surface area contributed by atoms with Gasteiger partial charge < -0.3 is 14.8 Å². The maximum atomic E-state index is 12.5. The zero-order chi connectivity index (χ0) is 17.5. The van der Waals surface area contributed by atoms with Gasteiger partial charge in [-0.1, -0.05) is 31.2 Å². The molecule has 4 nitrogen and oxygen atoms in total. The summed E-state index contributed by atoms with van der Waals surface area (Å²) in [6.45, 7) is 5.90. The lowest BCUT2D eigenvalue weighted by molar-refractivity contribution is -0.128. The van der Waals surface area contributed by atoms with Gasteiger partial charge in [0.2, 0.25) is 0 Å². The quantitative estimate of drug-likeness (QED) is 0.835. The van der Waals surface area contributed by atoms with E-state index in [2.05, 4.69) is 5.32 Å². The molecule has 0 heterocycles. The van der Waals surface area contributed by atoms with Crippen molar-refractivity contribution in [3.8, 4) is 11.5 Å². The molecule has 24 heavy (non-hydrogen) atoms. The number of rotatable bonds is 7. The summed E-state index contributed by atoms with van der Waals surface area (Å²) < 4.78 is 11.0. The minimum Gasteiger partial charge on any atom is -0.497 e. The van der Waals surface area contributed by atoms with E-state index in [1.165, 1.54) is 0 Å². The molecule has 4 heteroatoms. The van der Waals surface area contributed by atoms with Gasteiger partial charge in [-0.25, -0.2) is 0 Å². The SMILES string of the molecule is CC[C@H](Oc1cccc(C)c1)C(=O)N[C@H](C)c1ccc(OC)cc1. The van der Waals surface area contributed by atoms with E-state index >= 15 is 0 Å². The average molecular weight is 327 g/mol. The first-order chi connectivity index (χ1) is 11.5. The highest BCUT2D eigenvalue weighted by Crippen LogP contribution is 2.19. The zero-order valence-corrected chi connectivity index (χ0v) is 14.7. The summed E-state index contributed by atoms with van der Waals surface area (Å²) in [6, 6.07) is 15.3. The number of hydrogen-bond donors (Lipinski definition) is 1. The third-order valence-corrected chi connectivity index (χ3v) is 3.91. The Balaban J connectivity index is 1.99. The predicted molar refractivity (Wildman–Crippen MR) is 95.4 cm³/mol. The minimum atomic E-state index is -0.507. The molecule has 1 amide bonds. The van der Waals surface area contributed by atoms with Gasteiger partial charge in [0, 0.05) is 0 Å². The molecule has 128 valence electrons. The maximum absolute atomic E-state index is 12.5. The Hall–Kier alpha value is -2.49. The van der Waals surface area contributed by atoms with Crippen molar-refractivity contribution in [1.29, 1.82) is 0 Å². The number of ether oxygens (including phenoxy) is 2. The van der Waals surface area contributed by atoms with E-state index < -0.39 is 6.10 Å². The van der Waals surface area contributed by atoms with Crippen LogP contribution in [0.3, 0.4) is 0 Å². The van der Waals surface area contributed by atoms with Crippen LogP contribution in [0.1, 0.15) is 37.4 Å². The first-order valence-electron chi connectivity index (χ1n) is 8.21. The van der Waals surface area contributed by atoms with E-state index in [9.17, 15) is 4.79 Å². The molecule has 0 aliphatic rings. The Kier molecular flexibility index (Phi) is 6.24. The van der Waals surface area contributed by atoms with Crippen molar-refractivity contribution in [2.24, 2.45) is 0 Å². The van der Waals surface area contributed by atoms with Crippen molar-refractivity contribution in [3.63, 3.8) is 0 Å². The van der Waals surface area contributed by atoms with Gasteiger partial charge in [-0.15, -0.1) is 0 Å². The number of aryl methyl sites for hydroxylation is 1. The van der Waals surface area contributed by atoms with Gasteiger partial charge in [0.05, 0.1) is 13.2 Å². The van der Waals surface area contributed by atoms with Crippen molar-refractivity contribution in [2.75, 3.05) is 7.11 Å². The molecule has 0 radical (unpaired) electrons. The second-order valence-electron chi connectivity index (χ2n) is 5.83. The molecule has 2 aromatic carbocycles. The van der Waals surface area contributed by atoms with Crippen LogP contribution in [0.5, 0.6) is 11.5 Å². The summed E-state index contributed by atoms with van der Waals surface area (Å²) in [6.07, 6.45) is 0.0993. The van der Waals surface area contributed by atoms with Gasteiger partial charge in [-0.3, -0.25) is 4.79 Å². The summed E-state index contributed by atoms with van der Waals surface area (Å²) in [5, 5.41) is 3.01. The van der Waals surface area contributed by atoms with Crippen LogP contribution >= 0.6 is 0 Å². The molecule has 2 rings (SSSR count). The Morgan fingerprint density at radius 1 is 1.12 bits per heavy atom. The lowest BCUT2D eigenvalue weighted by Gasteiger charge is -2.21. The second kappa shape index (κ2) is 8.39. The number of carbonyl (C=O) groups is 1. The summed E-state index contributed by atoms with van der Waals surface area (Å²) >= 11 is 0. The van der Waals surface area contributed by atoms with Crippen molar-refractivity contribution < 1.29 is 14.3 Å². The van der Waals surface area contributed by atoms with Gasteiger partial charge in [0.15, 0.2) is 6.10 Å². The molecule has 2 aromatic rings. The lowest BCUT2D eigenvalue weighted by Crippen LogP contribution is -2.39. The molecule has 1 N–H and O–H groups in total. The average Bonchev–Trinajstić information content (AvgIpc) is 2.59. The molecule has 0 bridgehead atoms. The molecule has 0 saturated heterocycles. The fraction of sp³-hybridized carbons (Fsp3) is 0.350. The van der Waals surface area contributed by atoms with Crippen LogP contribution in [0.2, 0.25) is 0 Å². The molecule has 2 atom stereocenters. The lowest BCUT2D eigenvalue weighted by atomic mass is 10.1. The van der Waals surface area contributed by atoms with Gasteiger partial charge >= 0.3 is 0 Å².